The van der Waals surface area contributed by atoms with Crippen molar-refractivity contribution >= 4 is 38.5 Å². The molecule has 0 bridgehead atoms. The Labute approximate surface area is 106 Å². The van der Waals surface area contributed by atoms with E-state index in [4.69, 9.17) is 9.84 Å². The highest BCUT2D eigenvalue weighted by Crippen LogP contribution is 2.27. The lowest BCUT2D eigenvalue weighted by Crippen LogP contribution is -2.32. The van der Waals surface area contributed by atoms with Gasteiger partial charge in [0.25, 0.3) is 0 Å². The molecule has 0 saturated heterocycles. The number of anilines is 1. The SMILES string of the molecule is CCOC(=O)N(CCCO)c1ncc(Br)s1. The number of hydrogen-bond donors (Lipinski definition) is 1. The highest BCUT2D eigenvalue weighted by molar-refractivity contribution is 9.11. The van der Waals surface area contributed by atoms with Crippen LogP contribution in [0.15, 0.2) is 9.98 Å². The summed E-state index contributed by atoms with van der Waals surface area (Å²) in [7, 11) is 0. The molecule has 90 valence electrons. The van der Waals surface area contributed by atoms with Crippen molar-refractivity contribution in [3.63, 3.8) is 0 Å². The average Bonchev–Trinajstić information content (AvgIpc) is 2.66. The van der Waals surface area contributed by atoms with Crippen LogP contribution in [0.1, 0.15) is 13.3 Å². The molecular formula is C9H13BrN2O3S. The van der Waals surface area contributed by atoms with Crippen molar-refractivity contribution < 1.29 is 14.6 Å². The van der Waals surface area contributed by atoms with Gasteiger partial charge < -0.3 is 9.84 Å². The highest BCUT2D eigenvalue weighted by atomic mass is 79.9. The minimum atomic E-state index is -0.433. The van der Waals surface area contributed by atoms with Gasteiger partial charge in [-0.25, -0.2) is 9.78 Å². The summed E-state index contributed by atoms with van der Waals surface area (Å²) in [5.41, 5.74) is 0. The largest absolute Gasteiger partial charge is 0.449 e. The van der Waals surface area contributed by atoms with Gasteiger partial charge in [0.2, 0.25) is 0 Å². The van der Waals surface area contributed by atoms with E-state index in [1.807, 2.05) is 0 Å². The third-order valence-electron chi connectivity index (χ3n) is 1.72. The van der Waals surface area contributed by atoms with Crippen molar-refractivity contribution in [1.29, 1.82) is 0 Å². The lowest BCUT2D eigenvalue weighted by Gasteiger charge is -2.18. The summed E-state index contributed by atoms with van der Waals surface area (Å²) in [5, 5.41) is 9.34. The number of aliphatic hydroxyl groups is 1. The van der Waals surface area contributed by atoms with Crippen LogP contribution in [0.2, 0.25) is 0 Å². The first-order valence-corrected chi connectivity index (χ1v) is 6.46. The van der Waals surface area contributed by atoms with Crippen molar-refractivity contribution in [2.45, 2.75) is 13.3 Å². The summed E-state index contributed by atoms with van der Waals surface area (Å²) in [4.78, 5) is 17.1. The van der Waals surface area contributed by atoms with Gasteiger partial charge in [0, 0.05) is 13.2 Å². The van der Waals surface area contributed by atoms with E-state index in [2.05, 4.69) is 20.9 Å². The van der Waals surface area contributed by atoms with Gasteiger partial charge in [-0.2, -0.15) is 0 Å². The first-order valence-electron chi connectivity index (χ1n) is 4.85. The maximum Gasteiger partial charge on any atom is 0.416 e. The fourth-order valence-corrected chi connectivity index (χ4v) is 2.26. The van der Waals surface area contributed by atoms with Gasteiger partial charge in [-0.3, -0.25) is 4.90 Å². The Morgan fingerprint density at radius 3 is 3.00 bits per heavy atom. The average molecular weight is 309 g/mol. The van der Waals surface area contributed by atoms with Crippen LogP contribution in [0, 0.1) is 0 Å². The molecular weight excluding hydrogens is 296 g/mol. The number of halogens is 1. The monoisotopic (exact) mass is 308 g/mol. The molecule has 0 aliphatic rings. The Hall–Kier alpha value is -0.660. The molecule has 1 rings (SSSR count). The quantitative estimate of drug-likeness (QED) is 0.906. The first kappa shape index (κ1) is 13.4. The van der Waals surface area contributed by atoms with E-state index in [0.29, 0.717) is 24.7 Å². The fourth-order valence-electron chi connectivity index (χ4n) is 1.07. The minimum Gasteiger partial charge on any atom is -0.449 e. The Morgan fingerprint density at radius 1 is 1.75 bits per heavy atom. The number of ether oxygens (including phenoxy) is 1. The van der Waals surface area contributed by atoms with Crippen LogP contribution in [0.5, 0.6) is 0 Å². The summed E-state index contributed by atoms with van der Waals surface area (Å²) in [5.74, 6) is 0. The van der Waals surface area contributed by atoms with Crippen molar-refractivity contribution in [2.24, 2.45) is 0 Å². The van der Waals surface area contributed by atoms with Crippen LogP contribution in [-0.2, 0) is 4.74 Å². The molecule has 16 heavy (non-hydrogen) atoms. The number of thiazole rings is 1. The first-order chi connectivity index (χ1) is 7.69. The molecule has 0 aromatic carbocycles. The predicted octanol–water partition coefficient (Wildman–Crippen LogP) is 2.25. The topological polar surface area (TPSA) is 62.7 Å². The molecule has 0 aliphatic heterocycles. The minimum absolute atomic E-state index is 0.0302. The standard InChI is InChI=1S/C9H13BrN2O3S/c1-2-15-9(14)12(4-3-5-13)8-11-6-7(10)16-8/h6,13H,2-5H2,1H3. The lowest BCUT2D eigenvalue weighted by molar-refractivity contribution is 0.159. The van der Waals surface area contributed by atoms with Crippen molar-refractivity contribution in [3.8, 4) is 0 Å². The summed E-state index contributed by atoms with van der Waals surface area (Å²) in [6.45, 7) is 2.50. The van der Waals surface area contributed by atoms with Gasteiger partial charge in [0.05, 0.1) is 16.6 Å². The molecule has 5 nitrogen and oxygen atoms in total. The van der Waals surface area contributed by atoms with Crippen LogP contribution in [0.3, 0.4) is 0 Å². The number of rotatable bonds is 5. The Bertz CT molecular complexity index is 345. The summed E-state index contributed by atoms with van der Waals surface area (Å²) >= 11 is 4.63. The zero-order valence-corrected chi connectivity index (χ0v) is 11.3. The molecule has 0 atom stereocenters. The van der Waals surface area contributed by atoms with Crippen LogP contribution < -0.4 is 4.90 Å². The molecule has 0 fully saturated rings. The summed E-state index contributed by atoms with van der Waals surface area (Å²) < 4.78 is 5.77. The Kier molecular flexibility index (Phi) is 5.72. The zero-order valence-electron chi connectivity index (χ0n) is 8.85. The molecule has 0 aliphatic carbocycles. The second-order valence-electron chi connectivity index (χ2n) is 2.87. The number of hydrogen-bond acceptors (Lipinski definition) is 5. The molecule has 7 heteroatoms. The van der Waals surface area contributed by atoms with E-state index in [9.17, 15) is 4.79 Å². The number of aliphatic hydroxyl groups excluding tert-OH is 1. The van der Waals surface area contributed by atoms with Crippen LogP contribution >= 0.6 is 27.3 Å². The smallest absolute Gasteiger partial charge is 0.416 e. The molecule has 1 aromatic heterocycles. The molecule has 1 amide bonds. The number of carbonyl (C=O) groups excluding carboxylic acids is 1. The molecule has 1 aromatic rings. The van der Waals surface area contributed by atoms with E-state index >= 15 is 0 Å². The van der Waals surface area contributed by atoms with Crippen molar-refractivity contribution in [2.75, 3.05) is 24.7 Å². The molecule has 1 N–H and O–H groups in total. The normalized spacial score (nSPS) is 10.2. The van der Waals surface area contributed by atoms with Gasteiger partial charge in [-0.1, -0.05) is 11.3 Å². The zero-order chi connectivity index (χ0) is 12.0. The summed E-state index contributed by atoms with van der Waals surface area (Å²) in [6.07, 6.45) is 1.69. The number of amides is 1. The van der Waals surface area contributed by atoms with Crippen LogP contribution in [0.25, 0.3) is 0 Å². The fraction of sp³-hybridized carbons (Fsp3) is 0.556. The molecule has 0 radical (unpaired) electrons. The summed E-state index contributed by atoms with van der Waals surface area (Å²) in [6, 6.07) is 0. The van der Waals surface area contributed by atoms with Crippen LogP contribution in [0.4, 0.5) is 9.93 Å². The van der Waals surface area contributed by atoms with E-state index in [1.165, 1.54) is 16.2 Å². The molecule has 0 saturated carbocycles. The Morgan fingerprint density at radius 2 is 2.50 bits per heavy atom. The molecule has 0 unspecified atom stereocenters. The number of carbonyl (C=O) groups is 1. The second-order valence-corrected chi connectivity index (χ2v) is 5.26. The van der Waals surface area contributed by atoms with E-state index in [0.717, 1.165) is 3.79 Å². The number of nitrogens with zero attached hydrogens (tertiary/aromatic N) is 2. The van der Waals surface area contributed by atoms with Gasteiger partial charge in [-0.05, 0) is 29.3 Å². The maximum absolute atomic E-state index is 11.6. The van der Waals surface area contributed by atoms with E-state index in [1.54, 1.807) is 13.1 Å². The van der Waals surface area contributed by atoms with Gasteiger partial charge in [-0.15, -0.1) is 0 Å². The van der Waals surface area contributed by atoms with Crippen molar-refractivity contribution in [1.82, 2.24) is 4.98 Å². The third kappa shape index (κ3) is 3.73. The van der Waals surface area contributed by atoms with Gasteiger partial charge in [0.15, 0.2) is 5.13 Å². The highest BCUT2D eigenvalue weighted by Gasteiger charge is 2.19. The second kappa shape index (κ2) is 6.82. The predicted molar refractivity (Wildman–Crippen MR) is 65.9 cm³/mol. The van der Waals surface area contributed by atoms with Gasteiger partial charge in [0.1, 0.15) is 0 Å². The maximum atomic E-state index is 11.6. The van der Waals surface area contributed by atoms with E-state index in [-0.39, 0.29) is 6.61 Å². The van der Waals surface area contributed by atoms with Crippen LogP contribution in [-0.4, -0.2) is 35.9 Å². The molecule has 0 spiro atoms. The van der Waals surface area contributed by atoms with Gasteiger partial charge >= 0.3 is 6.09 Å². The molecule has 1 heterocycles. The third-order valence-corrected chi connectivity index (χ3v) is 3.22. The number of aromatic nitrogens is 1. The van der Waals surface area contributed by atoms with E-state index < -0.39 is 6.09 Å². The van der Waals surface area contributed by atoms with Crippen molar-refractivity contribution in [3.05, 3.63) is 9.98 Å². The Balaban J connectivity index is 2.74. The lowest BCUT2D eigenvalue weighted by atomic mass is 10.4.